The van der Waals surface area contributed by atoms with E-state index in [0.717, 1.165) is 17.0 Å². The number of hydrogen-bond donors (Lipinski definition) is 1. The van der Waals surface area contributed by atoms with Gasteiger partial charge in [-0.3, -0.25) is 0 Å². The maximum absolute atomic E-state index is 11.0. The van der Waals surface area contributed by atoms with E-state index in [0.29, 0.717) is 10.8 Å². The molecule has 0 aromatic heterocycles. The minimum Gasteiger partial charge on any atom is -0.316 e. The minimum atomic E-state index is -2.90. The zero-order chi connectivity index (χ0) is 12.9. The molecule has 0 heterocycles. The first-order valence-electron chi connectivity index (χ1n) is 5.16. The number of rotatable bonds is 6. The van der Waals surface area contributed by atoms with Crippen molar-refractivity contribution in [1.82, 2.24) is 5.32 Å². The normalized spacial score (nSPS) is 11.7. The third kappa shape index (κ3) is 5.77. The Labute approximate surface area is 112 Å². The molecule has 0 bridgehead atoms. The lowest BCUT2D eigenvalue weighted by molar-refractivity contribution is 0.603. The van der Waals surface area contributed by atoms with Crippen molar-refractivity contribution in [2.45, 2.75) is 11.4 Å². The lowest BCUT2D eigenvalue weighted by Crippen LogP contribution is -2.05. The van der Waals surface area contributed by atoms with Crippen molar-refractivity contribution in [1.29, 1.82) is 0 Å². The summed E-state index contributed by atoms with van der Waals surface area (Å²) in [6.45, 7) is 0.772. The van der Waals surface area contributed by atoms with Gasteiger partial charge in [-0.15, -0.1) is 11.8 Å². The molecule has 0 fully saturated rings. The summed E-state index contributed by atoms with van der Waals surface area (Å²) in [7, 11) is -1.02. The monoisotopic (exact) mass is 293 g/mol. The fourth-order valence-corrected chi connectivity index (χ4v) is 3.77. The van der Waals surface area contributed by atoms with Gasteiger partial charge in [0.25, 0.3) is 0 Å². The quantitative estimate of drug-likeness (QED) is 0.817. The summed E-state index contributed by atoms with van der Waals surface area (Å²) in [6, 6.07) is 5.83. The van der Waals surface area contributed by atoms with Gasteiger partial charge in [0.1, 0.15) is 9.84 Å². The largest absolute Gasteiger partial charge is 0.316 e. The van der Waals surface area contributed by atoms with Crippen LogP contribution < -0.4 is 5.32 Å². The summed E-state index contributed by atoms with van der Waals surface area (Å²) in [5.74, 6) is 0.705. The van der Waals surface area contributed by atoms with Gasteiger partial charge in [-0.25, -0.2) is 8.42 Å². The summed E-state index contributed by atoms with van der Waals surface area (Å²) in [4.78, 5) is 0.926. The molecule has 0 saturated heterocycles. The topological polar surface area (TPSA) is 46.2 Å². The van der Waals surface area contributed by atoms with E-state index in [1.54, 1.807) is 0 Å². The predicted octanol–water partition coefficient (Wildman–Crippen LogP) is 2.20. The van der Waals surface area contributed by atoms with E-state index in [1.807, 2.05) is 25.2 Å². The van der Waals surface area contributed by atoms with E-state index in [4.69, 9.17) is 11.6 Å². The van der Waals surface area contributed by atoms with Crippen LogP contribution in [-0.4, -0.2) is 33.2 Å². The Kier molecular flexibility index (Phi) is 5.79. The Balaban J connectivity index is 2.60. The van der Waals surface area contributed by atoms with Crippen LogP contribution in [0.1, 0.15) is 5.56 Å². The lowest BCUT2D eigenvalue weighted by atomic mass is 10.2. The molecule has 3 nitrogen and oxygen atoms in total. The molecule has 0 radical (unpaired) electrons. The third-order valence-corrected chi connectivity index (χ3v) is 4.79. The fourth-order valence-electron chi connectivity index (χ4n) is 1.28. The van der Waals surface area contributed by atoms with Gasteiger partial charge in [-0.1, -0.05) is 17.7 Å². The zero-order valence-electron chi connectivity index (χ0n) is 9.86. The van der Waals surface area contributed by atoms with Crippen molar-refractivity contribution in [3.05, 3.63) is 28.8 Å². The molecule has 0 spiro atoms. The molecule has 0 amide bonds. The SMILES string of the molecule is CNCc1ccc(SCCS(C)(=O)=O)c(Cl)c1. The highest BCUT2D eigenvalue weighted by Crippen LogP contribution is 2.28. The number of sulfone groups is 1. The van der Waals surface area contributed by atoms with E-state index in [-0.39, 0.29) is 5.75 Å². The maximum Gasteiger partial charge on any atom is 0.148 e. The highest BCUT2D eigenvalue weighted by atomic mass is 35.5. The number of hydrogen-bond acceptors (Lipinski definition) is 4. The molecule has 6 heteroatoms. The predicted molar refractivity (Wildman–Crippen MR) is 74.7 cm³/mol. The first-order chi connectivity index (χ1) is 7.92. The van der Waals surface area contributed by atoms with Crippen LogP contribution in [0.4, 0.5) is 0 Å². The smallest absolute Gasteiger partial charge is 0.148 e. The summed E-state index contributed by atoms with van der Waals surface area (Å²) in [5, 5.41) is 3.73. The Bertz CT molecular complexity index is 474. The van der Waals surface area contributed by atoms with Crippen molar-refractivity contribution < 1.29 is 8.42 Å². The van der Waals surface area contributed by atoms with Crippen LogP contribution in [0.25, 0.3) is 0 Å². The Hall–Kier alpha value is -0.230. The molecule has 96 valence electrons. The second-order valence-electron chi connectivity index (χ2n) is 3.77. The molecule has 1 N–H and O–H groups in total. The minimum absolute atomic E-state index is 0.173. The molecule has 1 aromatic carbocycles. The highest BCUT2D eigenvalue weighted by molar-refractivity contribution is 8.00. The van der Waals surface area contributed by atoms with Crippen LogP contribution in [0.15, 0.2) is 23.1 Å². The summed E-state index contributed by atoms with van der Waals surface area (Å²) < 4.78 is 22.0. The molecule has 1 aromatic rings. The van der Waals surface area contributed by atoms with Gasteiger partial charge in [0.05, 0.1) is 10.8 Å². The van der Waals surface area contributed by atoms with E-state index < -0.39 is 9.84 Å². The Morgan fingerprint density at radius 2 is 2.12 bits per heavy atom. The molecule has 0 aliphatic heterocycles. The van der Waals surface area contributed by atoms with Crippen LogP contribution in [0.3, 0.4) is 0 Å². The van der Waals surface area contributed by atoms with Crippen LogP contribution in [0, 0.1) is 0 Å². The molecule has 0 aliphatic carbocycles. The summed E-state index contributed by atoms with van der Waals surface area (Å²) >= 11 is 7.59. The molecule has 0 saturated carbocycles. The first kappa shape index (κ1) is 14.8. The van der Waals surface area contributed by atoms with Gasteiger partial charge in [0.2, 0.25) is 0 Å². The molecule has 0 aliphatic rings. The number of nitrogens with one attached hydrogen (secondary N) is 1. The fraction of sp³-hybridized carbons (Fsp3) is 0.455. The number of thioether (sulfide) groups is 1. The van der Waals surface area contributed by atoms with E-state index in [1.165, 1.54) is 18.0 Å². The van der Waals surface area contributed by atoms with Crippen molar-refractivity contribution in [2.75, 3.05) is 24.8 Å². The van der Waals surface area contributed by atoms with Gasteiger partial charge < -0.3 is 5.32 Å². The standard InChI is InChI=1S/C11H16ClNO2S2/c1-13-8-9-3-4-11(10(12)7-9)16-5-6-17(2,14)15/h3-4,7,13H,5-6,8H2,1-2H3. The molecular formula is C11H16ClNO2S2. The molecule has 1 rings (SSSR count). The summed E-state index contributed by atoms with van der Waals surface area (Å²) in [6.07, 6.45) is 1.24. The summed E-state index contributed by atoms with van der Waals surface area (Å²) in [5.41, 5.74) is 1.12. The number of halogens is 1. The Morgan fingerprint density at radius 1 is 1.41 bits per heavy atom. The third-order valence-electron chi connectivity index (χ3n) is 2.09. The van der Waals surface area contributed by atoms with Crippen molar-refractivity contribution in [2.24, 2.45) is 0 Å². The first-order valence-corrected chi connectivity index (χ1v) is 8.58. The van der Waals surface area contributed by atoms with Crippen LogP contribution >= 0.6 is 23.4 Å². The van der Waals surface area contributed by atoms with Gasteiger partial charge in [-0.05, 0) is 24.7 Å². The second-order valence-corrected chi connectivity index (χ2v) is 7.58. The highest BCUT2D eigenvalue weighted by Gasteiger charge is 2.06. The Morgan fingerprint density at radius 3 is 2.65 bits per heavy atom. The molecule has 17 heavy (non-hydrogen) atoms. The van der Waals surface area contributed by atoms with Crippen molar-refractivity contribution in [3.63, 3.8) is 0 Å². The van der Waals surface area contributed by atoms with Gasteiger partial charge in [-0.2, -0.15) is 0 Å². The van der Waals surface area contributed by atoms with Crippen LogP contribution in [0.2, 0.25) is 5.02 Å². The molecular weight excluding hydrogens is 278 g/mol. The number of benzene rings is 1. The zero-order valence-corrected chi connectivity index (χ0v) is 12.3. The van der Waals surface area contributed by atoms with E-state index >= 15 is 0 Å². The van der Waals surface area contributed by atoms with E-state index in [2.05, 4.69) is 5.32 Å². The van der Waals surface area contributed by atoms with Crippen molar-refractivity contribution in [3.8, 4) is 0 Å². The molecule has 0 atom stereocenters. The van der Waals surface area contributed by atoms with Crippen LogP contribution in [-0.2, 0) is 16.4 Å². The van der Waals surface area contributed by atoms with Gasteiger partial charge in [0, 0.05) is 23.4 Å². The van der Waals surface area contributed by atoms with Crippen molar-refractivity contribution >= 4 is 33.2 Å². The lowest BCUT2D eigenvalue weighted by Gasteiger charge is -2.06. The van der Waals surface area contributed by atoms with Gasteiger partial charge in [0.15, 0.2) is 0 Å². The maximum atomic E-state index is 11.0. The van der Waals surface area contributed by atoms with Gasteiger partial charge >= 0.3 is 0 Å². The average molecular weight is 294 g/mol. The molecule has 0 unspecified atom stereocenters. The van der Waals surface area contributed by atoms with Crippen LogP contribution in [0.5, 0.6) is 0 Å². The average Bonchev–Trinajstić information content (AvgIpc) is 2.20. The second kappa shape index (κ2) is 6.64. The van der Waals surface area contributed by atoms with E-state index in [9.17, 15) is 8.42 Å².